The van der Waals surface area contributed by atoms with Gasteiger partial charge in [-0.1, -0.05) is 12.2 Å². The van der Waals surface area contributed by atoms with E-state index in [-0.39, 0.29) is 17.1 Å². The Hall–Kier alpha value is -0.876. The molecule has 0 atom stereocenters. The summed E-state index contributed by atoms with van der Waals surface area (Å²) in [4.78, 5) is 16.0. The van der Waals surface area contributed by atoms with Gasteiger partial charge in [0.05, 0.1) is 25.3 Å². The number of hydrogen-bond acceptors (Lipinski definition) is 2. The van der Waals surface area contributed by atoms with E-state index in [0.29, 0.717) is 0 Å². The third-order valence-electron chi connectivity index (χ3n) is 1.61. The van der Waals surface area contributed by atoms with Crippen LogP contribution in [-0.2, 0) is 26.7 Å². The fourth-order valence-electron chi connectivity index (χ4n) is 0.933. The molecule has 0 aromatic rings. The molecule has 0 bridgehead atoms. The standard InChI is InChI=1S/C8H14P.2CH2O.3BF4.Fe/c1-9(2,3)8-6-4-5-7-8;2*1-2;3*2-1(3,4)5;/h4-6H,7H2,1-3H3;2*1H2;;;;/q+1;;;3*-1;+3. The molecule has 0 aromatic heterocycles. The van der Waals surface area contributed by atoms with Crippen LogP contribution in [-0.4, -0.2) is 55.3 Å². The molecule has 1 rings (SSSR count). The van der Waals surface area contributed by atoms with E-state index in [2.05, 4.69) is 38.2 Å². The minimum absolute atomic E-state index is 0. The first-order valence-corrected chi connectivity index (χ1v) is 9.61. The molecule has 0 amide bonds. The van der Waals surface area contributed by atoms with Gasteiger partial charge < -0.3 is 61.4 Å². The zero-order chi connectivity index (χ0) is 24.4. The summed E-state index contributed by atoms with van der Waals surface area (Å²) >= 11 is 0. The molecule has 0 N–H and O–H groups in total. The Labute approximate surface area is 171 Å². The first-order valence-electron chi connectivity index (χ1n) is 6.48. The van der Waals surface area contributed by atoms with Crippen LogP contribution >= 0.6 is 7.26 Å². The number of hydrogen-bond donors (Lipinski definition) is 0. The van der Waals surface area contributed by atoms with Crippen molar-refractivity contribution in [2.45, 2.75) is 6.42 Å². The molecular formula is C10H18B3F12FeO2P+. The van der Waals surface area contributed by atoms with Gasteiger partial charge in [-0.05, 0) is 6.08 Å². The van der Waals surface area contributed by atoms with Crippen molar-refractivity contribution in [3.63, 3.8) is 0 Å². The van der Waals surface area contributed by atoms with E-state index in [1.54, 1.807) is 5.31 Å². The van der Waals surface area contributed by atoms with Crippen molar-refractivity contribution >= 4 is 42.6 Å². The summed E-state index contributed by atoms with van der Waals surface area (Å²) < 4.78 is 117. The molecule has 2 nitrogen and oxygen atoms in total. The van der Waals surface area contributed by atoms with E-state index >= 15 is 0 Å². The molecule has 0 saturated carbocycles. The second-order valence-electron chi connectivity index (χ2n) is 4.79. The van der Waals surface area contributed by atoms with Crippen molar-refractivity contribution in [3.05, 3.63) is 23.5 Å². The maximum atomic E-state index is 9.75. The van der Waals surface area contributed by atoms with Crippen molar-refractivity contribution in [2.24, 2.45) is 0 Å². The number of allylic oxidation sites excluding steroid dienone is 4. The van der Waals surface area contributed by atoms with Gasteiger partial charge in [0.1, 0.15) is 13.6 Å². The first-order chi connectivity index (χ1) is 12.1. The monoisotopic (exact) mass is 518 g/mol. The van der Waals surface area contributed by atoms with Crippen molar-refractivity contribution in [3.8, 4) is 0 Å². The second-order valence-corrected chi connectivity index (χ2v) is 9.39. The van der Waals surface area contributed by atoms with Gasteiger partial charge >= 0.3 is 38.8 Å². The molecule has 0 aliphatic heterocycles. The van der Waals surface area contributed by atoms with Gasteiger partial charge in [0.2, 0.25) is 0 Å². The Balaban J connectivity index is -0.0000000589. The van der Waals surface area contributed by atoms with Crippen molar-refractivity contribution in [1.82, 2.24) is 0 Å². The minimum atomic E-state index is -6.00. The van der Waals surface area contributed by atoms with Crippen molar-refractivity contribution < 1.29 is 78.4 Å². The molecule has 0 aromatic carbocycles. The van der Waals surface area contributed by atoms with Gasteiger partial charge in [-0.3, -0.25) is 0 Å². The Kier molecular flexibility index (Phi) is 29.7. The fraction of sp³-hybridized carbons (Fsp3) is 0.400. The summed E-state index contributed by atoms with van der Waals surface area (Å²) in [5.74, 6) is 0. The Morgan fingerprint density at radius 3 is 0.966 bits per heavy atom. The predicted octanol–water partition coefficient (Wildman–Crippen LogP) is 6.26. The molecule has 0 spiro atoms. The maximum absolute atomic E-state index is 9.75. The van der Waals surface area contributed by atoms with Crippen LogP contribution in [0.15, 0.2) is 23.5 Å². The average molecular weight is 517 g/mol. The van der Waals surface area contributed by atoms with E-state index in [4.69, 9.17) is 9.59 Å². The Morgan fingerprint density at radius 1 is 0.690 bits per heavy atom. The van der Waals surface area contributed by atoms with Crippen LogP contribution < -0.4 is 0 Å². The molecule has 1 aliphatic rings. The summed E-state index contributed by atoms with van der Waals surface area (Å²) in [6.45, 7) is 11.1. The van der Waals surface area contributed by atoms with Crippen molar-refractivity contribution in [1.29, 1.82) is 0 Å². The summed E-state index contributed by atoms with van der Waals surface area (Å²) in [5, 5.41) is 1.66. The maximum Gasteiger partial charge on any atom is 3.00 e. The molecule has 19 heteroatoms. The van der Waals surface area contributed by atoms with E-state index in [1.165, 1.54) is 6.42 Å². The fourth-order valence-corrected chi connectivity index (χ4v) is 2.12. The van der Waals surface area contributed by atoms with Crippen LogP contribution in [0.1, 0.15) is 6.42 Å². The molecule has 29 heavy (non-hydrogen) atoms. The largest absolute Gasteiger partial charge is 3.00 e. The molecule has 175 valence electrons. The minimum Gasteiger partial charge on any atom is -0.418 e. The Bertz CT molecular complexity index is 387. The van der Waals surface area contributed by atoms with Crippen LogP contribution in [0.2, 0.25) is 0 Å². The number of rotatable bonds is 1. The first kappa shape index (κ1) is 42.3. The van der Waals surface area contributed by atoms with Crippen LogP contribution in [0, 0.1) is 0 Å². The normalized spacial score (nSPS) is 12.2. The summed E-state index contributed by atoms with van der Waals surface area (Å²) in [6, 6.07) is 0. The van der Waals surface area contributed by atoms with Gasteiger partial charge in [0.15, 0.2) is 0 Å². The van der Waals surface area contributed by atoms with E-state index in [9.17, 15) is 51.8 Å². The Morgan fingerprint density at radius 2 is 0.897 bits per heavy atom. The molecule has 0 heterocycles. The van der Waals surface area contributed by atoms with Crippen LogP contribution in [0.4, 0.5) is 51.8 Å². The third kappa shape index (κ3) is 116. The molecular weight excluding hydrogens is 499 g/mol. The smallest absolute Gasteiger partial charge is 0.418 e. The van der Waals surface area contributed by atoms with Crippen LogP contribution in [0.3, 0.4) is 0 Å². The average Bonchev–Trinajstić information content (AvgIpc) is 2.91. The van der Waals surface area contributed by atoms with Crippen LogP contribution in [0.25, 0.3) is 0 Å². The predicted molar refractivity (Wildman–Crippen MR) is 91.3 cm³/mol. The summed E-state index contributed by atoms with van der Waals surface area (Å²) in [5.41, 5.74) is 0. The summed E-state index contributed by atoms with van der Waals surface area (Å²) in [7, 11) is -18.7. The van der Waals surface area contributed by atoms with Crippen molar-refractivity contribution in [2.75, 3.05) is 20.0 Å². The number of carbonyl (C=O) groups is 2. The zero-order valence-corrected chi connectivity index (χ0v) is 17.2. The van der Waals surface area contributed by atoms with Gasteiger partial charge in [-0.2, -0.15) is 0 Å². The van der Waals surface area contributed by atoms with Gasteiger partial charge in [-0.25, -0.2) is 0 Å². The van der Waals surface area contributed by atoms with Gasteiger partial charge in [0.25, 0.3) is 0 Å². The van der Waals surface area contributed by atoms with Gasteiger partial charge in [-0.15, -0.1) is 0 Å². The molecule has 0 saturated heterocycles. The number of halogens is 12. The number of carbonyl (C=O) groups excluding carboxylic acids is 2. The molecule has 0 unspecified atom stereocenters. The van der Waals surface area contributed by atoms with Crippen LogP contribution in [0.5, 0.6) is 0 Å². The molecule has 1 aliphatic carbocycles. The van der Waals surface area contributed by atoms with E-state index in [0.717, 1.165) is 0 Å². The second kappa shape index (κ2) is 20.4. The topological polar surface area (TPSA) is 34.1 Å². The van der Waals surface area contributed by atoms with E-state index < -0.39 is 29.0 Å². The third-order valence-corrected chi connectivity index (χ3v) is 3.67. The van der Waals surface area contributed by atoms with E-state index in [1.807, 2.05) is 13.6 Å². The zero-order valence-electron chi connectivity index (χ0n) is 15.2. The SMILES string of the molecule is C=O.C=O.C[P+](C)(C)C1=CC=CC1.F[B-](F)(F)F.F[B-](F)(F)F.F[B-](F)(F)F.[Fe+3]. The summed E-state index contributed by atoms with van der Waals surface area (Å²) in [6.07, 6.45) is 7.88. The quantitative estimate of drug-likeness (QED) is 0.234. The van der Waals surface area contributed by atoms with Gasteiger partial charge in [0, 0.05) is 13.7 Å². The molecule has 0 fully saturated rings. The molecule has 1 radical (unpaired) electrons.